The normalized spacial score (nSPS) is 12.4. The van der Waals surface area contributed by atoms with Crippen LogP contribution in [0.15, 0.2) is 35.8 Å². The minimum atomic E-state index is 0.310. The Morgan fingerprint density at radius 2 is 2.12 bits per heavy atom. The number of benzene rings is 1. The molecular weight excluding hydrogens is 232 g/mol. The molecule has 4 heteroatoms. The zero-order chi connectivity index (χ0) is 12.1. The van der Waals surface area contributed by atoms with Gasteiger partial charge in [0, 0.05) is 24.2 Å². The maximum atomic E-state index is 5.14. The molecule has 1 aromatic heterocycles. The van der Waals surface area contributed by atoms with E-state index in [2.05, 4.69) is 29.4 Å². The molecule has 0 aliphatic heterocycles. The quantitative estimate of drug-likeness (QED) is 0.883. The maximum Gasteiger partial charge on any atom is 0.118 e. The molecule has 0 saturated heterocycles. The minimum Gasteiger partial charge on any atom is -0.497 e. The smallest absolute Gasteiger partial charge is 0.118 e. The molecule has 2 aromatic rings. The molecule has 0 radical (unpaired) electrons. The summed E-state index contributed by atoms with van der Waals surface area (Å²) in [6.07, 6.45) is 1.83. The van der Waals surface area contributed by atoms with Gasteiger partial charge in [0.1, 0.15) is 10.8 Å². The van der Waals surface area contributed by atoms with Crippen molar-refractivity contribution in [3.8, 4) is 5.75 Å². The highest BCUT2D eigenvalue weighted by molar-refractivity contribution is 7.09. The van der Waals surface area contributed by atoms with E-state index in [9.17, 15) is 0 Å². The number of thiazole rings is 1. The van der Waals surface area contributed by atoms with Gasteiger partial charge >= 0.3 is 0 Å². The fourth-order valence-electron chi connectivity index (χ4n) is 1.59. The Balaban J connectivity index is 1.92. The summed E-state index contributed by atoms with van der Waals surface area (Å²) >= 11 is 1.67. The van der Waals surface area contributed by atoms with Crippen LogP contribution in [-0.2, 0) is 6.54 Å². The first-order valence-electron chi connectivity index (χ1n) is 5.55. The molecule has 0 saturated carbocycles. The first-order valence-corrected chi connectivity index (χ1v) is 6.43. The fraction of sp³-hybridized carbons (Fsp3) is 0.308. The molecule has 90 valence electrons. The van der Waals surface area contributed by atoms with Crippen molar-refractivity contribution in [3.63, 3.8) is 0 Å². The lowest BCUT2D eigenvalue weighted by molar-refractivity contribution is 0.414. The predicted octanol–water partition coefficient (Wildman–Crippen LogP) is 3.00. The maximum absolute atomic E-state index is 5.14. The standard InChI is InChI=1S/C13H16N2OS/c1-10(15-9-13-14-7-8-17-13)11-3-5-12(16-2)6-4-11/h3-8,10,15H,9H2,1-2H3/t10-/m0/s1. The molecule has 17 heavy (non-hydrogen) atoms. The molecule has 0 bridgehead atoms. The molecule has 0 aliphatic rings. The van der Waals surface area contributed by atoms with Gasteiger partial charge in [0.15, 0.2) is 0 Å². The molecular formula is C13H16N2OS. The van der Waals surface area contributed by atoms with Crippen LogP contribution < -0.4 is 10.1 Å². The summed E-state index contributed by atoms with van der Waals surface area (Å²) in [5.74, 6) is 0.890. The number of aromatic nitrogens is 1. The van der Waals surface area contributed by atoms with Crippen molar-refractivity contribution in [2.75, 3.05) is 7.11 Å². The van der Waals surface area contributed by atoms with Gasteiger partial charge in [-0.1, -0.05) is 12.1 Å². The zero-order valence-corrected chi connectivity index (χ0v) is 10.8. The van der Waals surface area contributed by atoms with E-state index in [-0.39, 0.29) is 0 Å². The van der Waals surface area contributed by atoms with E-state index in [1.54, 1.807) is 18.4 Å². The van der Waals surface area contributed by atoms with Gasteiger partial charge in [-0.2, -0.15) is 0 Å². The van der Waals surface area contributed by atoms with Crippen LogP contribution >= 0.6 is 11.3 Å². The van der Waals surface area contributed by atoms with E-state index in [1.807, 2.05) is 23.7 Å². The molecule has 0 aliphatic carbocycles. The van der Waals surface area contributed by atoms with Crippen molar-refractivity contribution in [2.24, 2.45) is 0 Å². The van der Waals surface area contributed by atoms with Gasteiger partial charge in [0.05, 0.1) is 7.11 Å². The van der Waals surface area contributed by atoms with E-state index in [0.717, 1.165) is 17.3 Å². The van der Waals surface area contributed by atoms with Crippen molar-refractivity contribution in [3.05, 3.63) is 46.4 Å². The van der Waals surface area contributed by atoms with Gasteiger partial charge in [0.25, 0.3) is 0 Å². The van der Waals surface area contributed by atoms with E-state index in [4.69, 9.17) is 4.74 Å². The summed E-state index contributed by atoms with van der Waals surface area (Å²) in [7, 11) is 1.68. The summed E-state index contributed by atoms with van der Waals surface area (Å²) in [5.41, 5.74) is 1.25. The minimum absolute atomic E-state index is 0.310. The fourth-order valence-corrected chi connectivity index (χ4v) is 2.16. The SMILES string of the molecule is COc1ccc([C@H](C)NCc2nccs2)cc1. The first kappa shape index (κ1) is 12.1. The lowest BCUT2D eigenvalue weighted by Crippen LogP contribution is -2.17. The van der Waals surface area contributed by atoms with E-state index in [0.29, 0.717) is 6.04 Å². The van der Waals surface area contributed by atoms with Crippen LogP contribution in [0.25, 0.3) is 0 Å². The van der Waals surface area contributed by atoms with Crippen LogP contribution in [0.2, 0.25) is 0 Å². The van der Waals surface area contributed by atoms with E-state index in [1.165, 1.54) is 5.56 Å². The van der Waals surface area contributed by atoms with Gasteiger partial charge in [-0.05, 0) is 24.6 Å². The van der Waals surface area contributed by atoms with Crippen LogP contribution in [0.1, 0.15) is 23.5 Å². The second-order valence-electron chi connectivity index (χ2n) is 3.80. The topological polar surface area (TPSA) is 34.1 Å². The van der Waals surface area contributed by atoms with Gasteiger partial charge < -0.3 is 10.1 Å². The molecule has 1 heterocycles. The third-order valence-corrected chi connectivity index (χ3v) is 3.44. The van der Waals surface area contributed by atoms with Crippen LogP contribution in [0.4, 0.5) is 0 Å². The number of ether oxygens (including phenoxy) is 1. The molecule has 0 unspecified atom stereocenters. The van der Waals surface area contributed by atoms with Gasteiger partial charge in [-0.25, -0.2) is 4.98 Å². The Hall–Kier alpha value is -1.39. The highest BCUT2D eigenvalue weighted by Gasteiger charge is 2.05. The Bertz CT molecular complexity index is 439. The van der Waals surface area contributed by atoms with Crippen LogP contribution in [0.3, 0.4) is 0 Å². The second kappa shape index (κ2) is 5.80. The molecule has 1 atom stereocenters. The highest BCUT2D eigenvalue weighted by atomic mass is 32.1. The van der Waals surface area contributed by atoms with E-state index >= 15 is 0 Å². The average Bonchev–Trinajstić information content (AvgIpc) is 2.89. The van der Waals surface area contributed by atoms with Gasteiger partial charge in [-0.15, -0.1) is 11.3 Å². The molecule has 0 fully saturated rings. The molecule has 0 amide bonds. The first-order chi connectivity index (χ1) is 8.29. The van der Waals surface area contributed by atoms with Crippen molar-refractivity contribution in [1.82, 2.24) is 10.3 Å². The van der Waals surface area contributed by atoms with Crippen molar-refractivity contribution in [1.29, 1.82) is 0 Å². The Labute approximate surface area is 105 Å². The summed E-state index contributed by atoms with van der Waals surface area (Å²) in [5, 5.41) is 6.56. The van der Waals surface area contributed by atoms with Gasteiger partial charge in [0.2, 0.25) is 0 Å². The highest BCUT2D eigenvalue weighted by Crippen LogP contribution is 2.17. The lowest BCUT2D eigenvalue weighted by atomic mass is 10.1. The third-order valence-electron chi connectivity index (χ3n) is 2.66. The molecule has 0 spiro atoms. The monoisotopic (exact) mass is 248 g/mol. The summed E-state index contributed by atoms with van der Waals surface area (Å²) < 4.78 is 5.14. The van der Waals surface area contributed by atoms with Crippen molar-refractivity contribution in [2.45, 2.75) is 19.5 Å². The summed E-state index contributed by atoms with van der Waals surface area (Å²) in [4.78, 5) is 4.25. The number of methoxy groups -OCH3 is 1. The van der Waals surface area contributed by atoms with Crippen molar-refractivity contribution < 1.29 is 4.74 Å². The van der Waals surface area contributed by atoms with Gasteiger partial charge in [-0.3, -0.25) is 0 Å². The second-order valence-corrected chi connectivity index (χ2v) is 4.78. The number of hydrogen-bond acceptors (Lipinski definition) is 4. The number of nitrogens with one attached hydrogen (secondary N) is 1. The van der Waals surface area contributed by atoms with Crippen LogP contribution in [-0.4, -0.2) is 12.1 Å². The Morgan fingerprint density at radius 3 is 2.71 bits per heavy atom. The molecule has 3 nitrogen and oxygen atoms in total. The molecule has 1 N–H and O–H groups in total. The number of hydrogen-bond donors (Lipinski definition) is 1. The zero-order valence-electron chi connectivity index (χ0n) is 10.0. The molecule has 2 rings (SSSR count). The average molecular weight is 248 g/mol. The number of rotatable bonds is 5. The lowest BCUT2D eigenvalue weighted by Gasteiger charge is -2.13. The van der Waals surface area contributed by atoms with Crippen LogP contribution in [0.5, 0.6) is 5.75 Å². The summed E-state index contributed by atoms with van der Waals surface area (Å²) in [6.45, 7) is 2.96. The number of nitrogens with zero attached hydrogens (tertiary/aromatic N) is 1. The Kier molecular flexibility index (Phi) is 4.12. The third kappa shape index (κ3) is 3.28. The Morgan fingerprint density at radius 1 is 1.35 bits per heavy atom. The molecule has 1 aromatic carbocycles. The van der Waals surface area contributed by atoms with Crippen molar-refractivity contribution >= 4 is 11.3 Å². The summed E-state index contributed by atoms with van der Waals surface area (Å²) in [6, 6.07) is 8.44. The largest absolute Gasteiger partial charge is 0.497 e. The van der Waals surface area contributed by atoms with E-state index < -0.39 is 0 Å². The van der Waals surface area contributed by atoms with Crippen LogP contribution in [0, 0.1) is 0 Å². The predicted molar refractivity (Wildman–Crippen MR) is 70.4 cm³/mol.